The molecular formula is C25H22FN5O2. The topological polar surface area (TPSA) is 85.0 Å². The molecule has 166 valence electrons. The predicted octanol–water partition coefficient (Wildman–Crippen LogP) is 4.28. The van der Waals surface area contributed by atoms with E-state index in [4.69, 9.17) is 4.42 Å². The third-order valence-electron chi connectivity index (χ3n) is 5.72. The molecule has 5 rings (SSSR count). The Hall–Kier alpha value is -3.94. The minimum atomic E-state index is -0.272. The van der Waals surface area contributed by atoms with Crippen LogP contribution in [-0.2, 0) is 6.42 Å². The molecule has 3 aromatic heterocycles. The number of nitrogens with zero attached hydrogens (tertiary/aromatic N) is 5. The highest BCUT2D eigenvalue weighted by atomic mass is 19.1. The minimum Gasteiger partial charge on any atom is -0.445 e. The molecule has 0 bridgehead atoms. The molecular weight excluding hydrogens is 421 g/mol. The van der Waals surface area contributed by atoms with E-state index in [0.29, 0.717) is 42.5 Å². The molecule has 33 heavy (non-hydrogen) atoms. The molecule has 0 spiro atoms. The minimum absolute atomic E-state index is 0.00895. The molecule has 0 aliphatic carbocycles. The number of pyridine rings is 1. The van der Waals surface area contributed by atoms with E-state index in [1.165, 1.54) is 18.5 Å². The van der Waals surface area contributed by atoms with Gasteiger partial charge in [0.2, 0.25) is 0 Å². The van der Waals surface area contributed by atoms with Gasteiger partial charge in [-0.3, -0.25) is 4.79 Å². The van der Waals surface area contributed by atoms with Crippen molar-refractivity contribution in [3.8, 4) is 11.3 Å². The molecule has 1 aliphatic heterocycles. The first kappa shape index (κ1) is 20.9. The molecule has 0 radical (unpaired) electrons. The number of carbonyl (C=O) groups excluding carboxylic acids is 1. The summed E-state index contributed by atoms with van der Waals surface area (Å²) in [6.07, 6.45) is 8.70. The summed E-state index contributed by atoms with van der Waals surface area (Å²) in [4.78, 5) is 32.0. The molecule has 0 saturated carbocycles. The maximum Gasteiger partial charge on any atom is 0.272 e. The van der Waals surface area contributed by atoms with Crippen molar-refractivity contribution < 1.29 is 13.6 Å². The number of aromatic nitrogens is 4. The number of rotatable bonds is 5. The van der Waals surface area contributed by atoms with Crippen molar-refractivity contribution in [3.63, 3.8) is 0 Å². The second kappa shape index (κ2) is 9.28. The van der Waals surface area contributed by atoms with Crippen LogP contribution in [0.4, 0.5) is 4.39 Å². The highest BCUT2D eigenvalue weighted by Crippen LogP contribution is 2.28. The Morgan fingerprint density at radius 2 is 1.97 bits per heavy atom. The van der Waals surface area contributed by atoms with Crippen molar-refractivity contribution in [3.05, 3.63) is 96.1 Å². The van der Waals surface area contributed by atoms with Crippen LogP contribution in [0.5, 0.6) is 0 Å². The number of carbonyl (C=O) groups is 1. The predicted molar refractivity (Wildman–Crippen MR) is 119 cm³/mol. The number of likely N-dealkylation sites (tertiary alicyclic amines) is 1. The number of halogens is 1. The number of piperidine rings is 1. The van der Waals surface area contributed by atoms with Crippen molar-refractivity contribution in [1.29, 1.82) is 0 Å². The van der Waals surface area contributed by atoms with E-state index in [-0.39, 0.29) is 17.6 Å². The van der Waals surface area contributed by atoms with Gasteiger partial charge in [-0.15, -0.1) is 0 Å². The molecule has 1 atom stereocenters. The number of benzene rings is 1. The lowest BCUT2D eigenvalue weighted by atomic mass is 9.97. The first-order valence-corrected chi connectivity index (χ1v) is 10.9. The summed E-state index contributed by atoms with van der Waals surface area (Å²) in [6.45, 7) is 1.17. The van der Waals surface area contributed by atoms with Gasteiger partial charge in [-0.25, -0.2) is 24.3 Å². The van der Waals surface area contributed by atoms with Gasteiger partial charge >= 0.3 is 0 Å². The Labute approximate surface area is 190 Å². The maximum atomic E-state index is 13.5. The molecule has 4 aromatic rings. The zero-order chi connectivity index (χ0) is 22.6. The second-order valence-electron chi connectivity index (χ2n) is 8.10. The zero-order valence-electron chi connectivity index (χ0n) is 17.9. The summed E-state index contributed by atoms with van der Waals surface area (Å²) in [5, 5.41) is 0. The van der Waals surface area contributed by atoms with Gasteiger partial charge in [0.1, 0.15) is 23.6 Å². The summed E-state index contributed by atoms with van der Waals surface area (Å²) >= 11 is 0. The van der Waals surface area contributed by atoms with E-state index in [1.807, 2.05) is 18.2 Å². The van der Waals surface area contributed by atoms with Gasteiger partial charge in [0.25, 0.3) is 5.91 Å². The first-order valence-electron chi connectivity index (χ1n) is 10.9. The van der Waals surface area contributed by atoms with E-state index in [9.17, 15) is 9.18 Å². The average molecular weight is 443 g/mol. The van der Waals surface area contributed by atoms with Crippen LogP contribution >= 0.6 is 0 Å². The largest absolute Gasteiger partial charge is 0.445 e. The molecule has 4 heterocycles. The summed E-state index contributed by atoms with van der Waals surface area (Å²) in [5.41, 5.74) is 2.63. The molecule has 7 nitrogen and oxygen atoms in total. The third kappa shape index (κ3) is 4.79. The van der Waals surface area contributed by atoms with Gasteiger partial charge in [-0.05, 0) is 42.7 Å². The van der Waals surface area contributed by atoms with Gasteiger partial charge in [-0.2, -0.15) is 0 Å². The Kier molecular flexibility index (Phi) is 5.89. The van der Waals surface area contributed by atoms with E-state index in [0.717, 1.165) is 24.0 Å². The lowest BCUT2D eigenvalue weighted by Gasteiger charge is -2.31. The Morgan fingerprint density at radius 1 is 1.12 bits per heavy atom. The first-order chi connectivity index (χ1) is 16.2. The smallest absolute Gasteiger partial charge is 0.272 e. The average Bonchev–Trinajstić information content (AvgIpc) is 3.33. The molecule has 1 amide bonds. The standard InChI is InChI=1S/C25H22FN5O2/c26-20-6-1-4-17(10-20)11-21-14-29-24(33-21)18-5-3-9-31(15-18)25(32)23-8-2-7-22(30-23)19-12-27-16-28-13-19/h1-2,4,6-8,10,12-14,16,18H,3,5,9,11,15H2/t18-/m1/s1. The summed E-state index contributed by atoms with van der Waals surface area (Å²) < 4.78 is 19.4. The van der Waals surface area contributed by atoms with Crippen LogP contribution in [0.2, 0.25) is 0 Å². The normalized spacial score (nSPS) is 16.0. The number of hydrogen-bond acceptors (Lipinski definition) is 6. The second-order valence-corrected chi connectivity index (χ2v) is 8.10. The molecule has 0 unspecified atom stereocenters. The Bertz CT molecular complexity index is 1260. The molecule has 8 heteroatoms. The fraction of sp³-hybridized carbons (Fsp3) is 0.240. The van der Waals surface area contributed by atoms with Crippen molar-refractivity contribution in [1.82, 2.24) is 24.8 Å². The molecule has 1 saturated heterocycles. The number of hydrogen-bond donors (Lipinski definition) is 0. The highest BCUT2D eigenvalue weighted by molar-refractivity contribution is 5.93. The number of amides is 1. The quantitative estimate of drug-likeness (QED) is 0.458. The van der Waals surface area contributed by atoms with Gasteiger partial charge in [-0.1, -0.05) is 18.2 Å². The van der Waals surface area contributed by atoms with Crippen molar-refractivity contribution >= 4 is 5.91 Å². The van der Waals surface area contributed by atoms with Gasteiger partial charge < -0.3 is 9.32 Å². The van der Waals surface area contributed by atoms with Crippen LogP contribution in [0.15, 0.2) is 71.8 Å². The van der Waals surface area contributed by atoms with Crippen LogP contribution in [-0.4, -0.2) is 43.8 Å². The Morgan fingerprint density at radius 3 is 2.82 bits per heavy atom. The van der Waals surface area contributed by atoms with Gasteiger partial charge in [0.05, 0.1) is 17.8 Å². The zero-order valence-corrected chi connectivity index (χ0v) is 17.9. The summed E-state index contributed by atoms with van der Waals surface area (Å²) in [5.74, 6) is 0.909. The molecule has 0 N–H and O–H groups in total. The van der Waals surface area contributed by atoms with Crippen molar-refractivity contribution in [2.24, 2.45) is 0 Å². The summed E-state index contributed by atoms with van der Waals surface area (Å²) in [7, 11) is 0. The van der Waals surface area contributed by atoms with E-state index in [1.54, 1.807) is 35.6 Å². The number of oxazole rings is 1. The third-order valence-corrected chi connectivity index (χ3v) is 5.72. The Balaban J connectivity index is 1.28. The maximum absolute atomic E-state index is 13.5. The summed E-state index contributed by atoms with van der Waals surface area (Å²) in [6, 6.07) is 11.8. The van der Waals surface area contributed by atoms with Crippen LogP contribution in [0.3, 0.4) is 0 Å². The lowest BCUT2D eigenvalue weighted by molar-refractivity contribution is 0.0692. The lowest BCUT2D eigenvalue weighted by Crippen LogP contribution is -2.39. The van der Waals surface area contributed by atoms with Gasteiger partial charge in [0.15, 0.2) is 5.89 Å². The van der Waals surface area contributed by atoms with E-state index < -0.39 is 0 Å². The molecule has 1 aromatic carbocycles. The van der Waals surface area contributed by atoms with Crippen LogP contribution in [0.25, 0.3) is 11.3 Å². The van der Waals surface area contributed by atoms with Crippen molar-refractivity contribution in [2.75, 3.05) is 13.1 Å². The molecule has 1 fully saturated rings. The highest BCUT2D eigenvalue weighted by Gasteiger charge is 2.29. The van der Waals surface area contributed by atoms with Crippen LogP contribution < -0.4 is 0 Å². The van der Waals surface area contributed by atoms with E-state index >= 15 is 0 Å². The fourth-order valence-corrected chi connectivity index (χ4v) is 4.11. The molecule has 1 aliphatic rings. The van der Waals surface area contributed by atoms with Gasteiger partial charge in [0, 0.05) is 37.5 Å². The monoisotopic (exact) mass is 443 g/mol. The van der Waals surface area contributed by atoms with Crippen LogP contribution in [0.1, 0.15) is 46.5 Å². The fourth-order valence-electron chi connectivity index (χ4n) is 4.11. The van der Waals surface area contributed by atoms with E-state index in [2.05, 4.69) is 19.9 Å². The SMILES string of the molecule is O=C(c1cccc(-c2cncnc2)n1)N1CCC[C@@H](c2ncc(Cc3cccc(F)c3)o2)C1. The van der Waals surface area contributed by atoms with Crippen molar-refractivity contribution in [2.45, 2.75) is 25.2 Å². The van der Waals surface area contributed by atoms with Crippen LogP contribution in [0, 0.1) is 5.82 Å².